The lowest BCUT2D eigenvalue weighted by molar-refractivity contribution is -0.119. The number of nitrogens with one attached hydrogen (secondary N) is 1. The molecule has 8 heteroatoms. The molecule has 0 aliphatic heterocycles. The van der Waals surface area contributed by atoms with Crippen LogP contribution in [0.25, 0.3) is 5.69 Å². The van der Waals surface area contributed by atoms with E-state index >= 15 is 0 Å². The van der Waals surface area contributed by atoms with Crippen LogP contribution in [0.3, 0.4) is 0 Å². The molecule has 0 aliphatic rings. The first-order chi connectivity index (χ1) is 13.5. The van der Waals surface area contributed by atoms with Gasteiger partial charge in [0.05, 0.1) is 24.6 Å². The monoisotopic (exact) mass is 397 g/mol. The van der Waals surface area contributed by atoms with Crippen molar-refractivity contribution < 1.29 is 9.53 Å². The zero-order valence-corrected chi connectivity index (χ0v) is 17.2. The number of benzene rings is 2. The molecule has 0 bridgehead atoms. The second-order valence-electron chi connectivity index (χ2n) is 6.49. The highest BCUT2D eigenvalue weighted by atomic mass is 32.2. The second-order valence-corrected chi connectivity index (χ2v) is 7.44. The quantitative estimate of drug-likeness (QED) is 0.616. The fourth-order valence-electron chi connectivity index (χ4n) is 2.68. The van der Waals surface area contributed by atoms with Gasteiger partial charge in [0.2, 0.25) is 11.1 Å². The molecule has 3 aromatic rings. The van der Waals surface area contributed by atoms with Crippen LogP contribution in [0.1, 0.15) is 29.7 Å². The minimum absolute atomic E-state index is 0.0648. The number of aryl methyl sites for hydroxylation is 2. The van der Waals surface area contributed by atoms with Gasteiger partial charge in [0.1, 0.15) is 5.75 Å². The number of carbonyl (C=O) groups excluding carboxylic acids is 1. The molecule has 2 aromatic carbocycles. The van der Waals surface area contributed by atoms with E-state index in [1.807, 2.05) is 37.3 Å². The highest BCUT2D eigenvalue weighted by Crippen LogP contribution is 2.21. The molecule has 1 aromatic heterocycles. The molecule has 0 spiro atoms. The van der Waals surface area contributed by atoms with Gasteiger partial charge in [-0.15, -0.1) is 5.10 Å². The summed E-state index contributed by atoms with van der Waals surface area (Å²) in [4.78, 5) is 12.4. The van der Waals surface area contributed by atoms with Crippen molar-refractivity contribution in [2.45, 2.75) is 32.0 Å². The SMILES string of the molecule is COc1ccc(-n2nnnc2SCC(=O)N[C@@H](C)c2ccc(C)c(C)c2)cc1. The van der Waals surface area contributed by atoms with Crippen LogP contribution in [0.15, 0.2) is 47.6 Å². The minimum atomic E-state index is -0.0694. The summed E-state index contributed by atoms with van der Waals surface area (Å²) in [6, 6.07) is 13.6. The Kier molecular flexibility index (Phi) is 6.30. The molecule has 0 aliphatic carbocycles. The fourth-order valence-corrected chi connectivity index (χ4v) is 3.39. The Bertz CT molecular complexity index is 955. The van der Waals surface area contributed by atoms with Crippen molar-refractivity contribution in [3.05, 3.63) is 59.2 Å². The summed E-state index contributed by atoms with van der Waals surface area (Å²) < 4.78 is 6.77. The molecule has 1 N–H and O–H groups in total. The number of hydrogen-bond donors (Lipinski definition) is 1. The lowest BCUT2D eigenvalue weighted by Gasteiger charge is -2.15. The van der Waals surface area contributed by atoms with Crippen molar-refractivity contribution in [2.24, 2.45) is 0 Å². The van der Waals surface area contributed by atoms with Crippen molar-refractivity contribution in [3.63, 3.8) is 0 Å². The molecule has 0 saturated carbocycles. The zero-order valence-electron chi connectivity index (χ0n) is 16.3. The van der Waals surface area contributed by atoms with Crippen LogP contribution >= 0.6 is 11.8 Å². The molecule has 3 rings (SSSR count). The number of methoxy groups -OCH3 is 1. The van der Waals surface area contributed by atoms with Gasteiger partial charge < -0.3 is 10.1 Å². The molecule has 1 heterocycles. The molecule has 7 nitrogen and oxygen atoms in total. The Hall–Kier alpha value is -2.87. The first-order valence-electron chi connectivity index (χ1n) is 8.90. The summed E-state index contributed by atoms with van der Waals surface area (Å²) in [5.74, 6) is 0.914. The van der Waals surface area contributed by atoms with E-state index in [1.54, 1.807) is 11.8 Å². The molecule has 0 fully saturated rings. The van der Waals surface area contributed by atoms with Crippen LogP contribution in [0, 0.1) is 13.8 Å². The lowest BCUT2D eigenvalue weighted by atomic mass is 10.0. The smallest absolute Gasteiger partial charge is 0.230 e. The number of tetrazole rings is 1. The summed E-state index contributed by atoms with van der Waals surface area (Å²) in [5, 5.41) is 15.3. The number of ether oxygens (including phenoxy) is 1. The van der Waals surface area contributed by atoms with E-state index in [1.165, 1.54) is 22.9 Å². The van der Waals surface area contributed by atoms with E-state index in [0.29, 0.717) is 5.16 Å². The van der Waals surface area contributed by atoms with Crippen LogP contribution in [0.5, 0.6) is 5.75 Å². The highest BCUT2D eigenvalue weighted by molar-refractivity contribution is 7.99. The van der Waals surface area contributed by atoms with Gasteiger partial charge in [0, 0.05) is 0 Å². The summed E-state index contributed by atoms with van der Waals surface area (Å²) in [7, 11) is 1.62. The summed E-state index contributed by atoms with van der Waals surface area (Å²) in [6.45, 7) is 6.13. The molecule has 28 heavy (non-hydrogen) atoms. The average Bonchev–Trinajstić information content (AvgIpc) is 3.17. The molecule has 0 unspecified atom stereocenters. The van der Waals surface area contributed by atoms with Gasteiger partial charge in [-0.25, -0.2) is 0 Å². The maximum Gasteiger partial charge on any atom is 0.230 e. The Morgan fingerprint density at radius 1 is 1.18 bits per heavy atom. The van der Waals surface area contributed by atoms with Gasteiger partial charge in [0.25, 0.3) is 0 Å². The number of amides is 1. The van der Waals surface area contributed by atoms with Gasteiger partial charge in [-0.1, -0.05) is 30.0 Å². The van der Waals surface area contributed by atoms with Gasteiger partial charge >= 0.3 is 0 Å². The third-order valence-corrected chi connectivity index (χ3v) is 5.42. The number of nitrogens with zero attached hydrogens (tertiary/aromatic N) is 4. The zero-order chi connectivity index (χ0) is 20.1. The number of aromatic nitrogens is 4. The standard InChI is InChI=1S/C20H23N5O2S/c1-13-5-6-16(11-14(13)2)15(3)21-19(26)12-28-20-22-23-24-25(20)17-7-9-18(27-4)10-8-17/h5-11,15H,12H2,1-4H3,(H,21,26)/t15-/m0/s1. The van der Waals surface area contributed by atoms with E-state index in [0.717, 1.165) is 17.0 Å². The first kappa shape index (κ1) is 19.9. The largest absolute Gasteiger partial charge is 0.497 e. The van der Waals surface area contributed by atoms with Crippen molar-refractivity contribution in [3.8, 4) is 11.4 Å². The van der Waals surface area contributed by atoms with Crippen molar-refractivity contribution in [1.29, 1.82) is 0 Å². The van der Waals surface area contributed by atoms with Gasteiger partial charge in [-0.2, -0.15) is 4.68 Å². The first-order valence-corrected chi connectivity index (χ1v) is 9.88. The van der Waals surface area contributed by atoms with E-state index in [9.17, 15) is 4.79 Å². The molecule has 0 radical (unpaired) electrons. The Morgan fingerprint density at radius 2 is 1.93 bits per heavy atom. The average molecular weight is 398 g/mol. The topological polar surface area (TPSA) is 81.9 Å². The summed E-state index contributed by atoms with van der Waals surface area (Å²) in [6.07, 6.45) is 0. The third kappa shape index (κ3) is 4.69. The van der Waals surface area contributed by atoms with E-state index < -0.39 is 0 Å². The second kappa shape index (κ2) is 8.88. The van der Waals surface area contributed by atoms with E-state index in [4.69, 9.17) is 4.74 Å². The predicted molar refractivity (Wildman–Crippen MR) is 109 cm³/mol. The predicted octanol–water partition coefficient (Wildman–Crippen LogP) is 3.26. The molecule has 146 valence electrons. The lowest BCUT2D eigenvalue weighted by Crippen LogP contribution is -2.28. The van der Waals surface area contributed by atoms with Crippen LogP contribution in [0.2, 0.25) is 0 Å². The van der Waals surface area contributed by atoms with Crippen LogP contribution < -0.4 is 10.1 Å². The van der Waals surface area contributed by atoms with Gasteiger partial charge in [0.15, 0.2) is 0 Å². The number of rotatable bonds is 7. The maximum absolute atomic E-state index is 12.4. The summed E-state index contributed by atoms with van der Waals surface area (Å²) in [5.41, 5.74) is 4.34. The van der Waals surface area contributed by atoms with Gasteiger partial charge in [-0.05, 0) is 72.2 Å². The van der Waals surface area contributed by atoms with Crippen LogP contribution in [0.4, 0.5) is 0 Å². The van der Waals surface area contributed by atoms with E-state index in [-0.39, 0.29) is 17.7 Å². The Morgan fingerprint density at radius 3 is 2.61 bits per heavy atom. The Balaban J connectivity index is 1.60. The fraction of sp³-hybridized carbons (Fsp3) is 0.300. The third-order valence-electron chi connectivity index (χ3n) is 4.50. The number of carbonyl (C=O) groups is 1. The van der Waals surface area contributed by atoms with Crippen molar-refractivity contribution >= 4 is 17.7 Å². The van der Waals surface area contributed by atoms with E-state index in [2.05, 4.69) is 46.8 Å². The molecule has 1 atom stereocenters. The summed E-state index contributed by atoms with van der Waals surface area (Å²) >= 11 is 1.29. The molecular weight excluding hydrogens is 374 g/mol. The van der Waals surface area contributed by atoms with Crippen LogP contribution in [-0.2, 0) is 4.79 Å². The number of thioether (sulfide) groups is 1. The van der Waals surface area contributed by atoms with Crippen molar-refractivity contribution in [2.75, 3.05) is 12.9 Å². The van der Waals surface area contributed by atoms with Gasteiger partial charge in [-0.3, -0.25) is 4.79 Å². The highest BCUT2D eigenvalue weighted by Gasteiger charge is 2.14. The minimum Gasteiger partial charge on any atom is -0.497 e. The van der Waals surface area contributed by atoms with Crippen molar-refractivity contribution in [1.82, 2.24) is 25.5 Å². The normalized spacial score (nSPS) is 11.9. The molecule has 0 saturated heterocycles. The number of hydrogen-bond acceptors (Lipinski definition) is 6. The maximum atomic E-state index is 12.4. The molecular formula is C20H23N5O2S. The van der Waals surface area contributed by atoms with Crippen LogP contribution in [-0.4, -0.2) is 39.0 Å². The molecule has 1 amide bonds. The Labute approximate surface area is 168 Å².